The monoisotopic (exact) mass is 369 g/mol. The summed E-state index contributed by atoms with van der Waals surface area (Å²) < 4.78 is 38.6. The third kappa shape index (κ3) is 4.41. The number of carbonyl (C=O) groups is 1. The molecule has 0 spiro atoms. The van der Waals surface area contributed by atoms with Gasteiger partial charge in [0.25, 0.3) is 5.91 Å². The van der Waals surface area contributed by atoms with E-state index in [0.29, 0.717) is 17.1 Å². The van der Waals surface area contributed by atoms with Gasteiger partial charge in [-0.15, -0.1) is 0 Å². The van der Waals surface area contributed by atoms with Crippen LogP contribution < -0.4 is 14.8 Å². The molecule has 3 aromatic carbocycles. The van der Waals surface area contributed by atoms with E-state index in [0.717, 1.165) is 6.07 Å². The highest BCUT2D eigenvalue weighted by Crippen LogP contribution is 2.31. The van der Waals surface area contributed by atoms with Crippen molar-refractivity contribution < 1.29 is 23.0 Å². The van der Waals surface area contributed by atoms with E-state index in [-0.39, 0.29) is 17.9 Å². The van der Waals surface area contributed by atoms with Crippen molar-refractivity contribution in [2.45, 2.75) is 0 Å². The third-order valence-electron chi connectivity index (χ3n) is 3.83. The number of carbonyl (C=O) groups excluding carboxylic acids is 1. The normalized spacial score (nSPS) is 10.3. The number of nitrogens with one attached hydrogen (secondary N) is 1. The van der Waals surface area contributed by atoms with E-state index in [4.69, 9.17) is 9.47 Å². The van der Waals surface area contributed by atoms with Gasteiger partial charge in [-0.25, -0.2) is 8.78 Å². The first kappa shape index (κ1) is 18.4. The number of benzene rings is 3. The highest BCUT2D eigenvalue weighted by molar-refractivity contribution is 5.96. The quantitative estimate of drug-likeness (QED) is 0.688. The molecule has 0 saturated heterocycles. The van der Waals surface area contributed by atoms with Gasteiger partial charge in [0.05, 0.1) is 12.8 Å². The molecular weight excluding hydrogens is 352 g/mol. The Bertz CT molecular complexity index is 945. The molecule has 3 rings (SSSR count). The molecule has 0 aliphatic rings. The van der Waals surface area contributed by atoms with E-state index in [9.17, 15) is 13.6 Å². The molecule has 138 valence electrons. The minimum Gasteiger partial charge on any atom is -0.493 e. The standard InChI is InChI=1S/C21H17F2NO3/c1-26-18-9-5-6-10-19(18)27-13-20(25)24-21-16(11-15(22)12-17(21)23)14-7-3-2-4-8-14/h2-12H,13H2,1H3,(H,24,25). The summed E-state index contributed by atoms with van der Waals surface area (Å²) in [4.78, 5) is 12.3. The maximum absolute atomic E-state index is 14.3. The van der Waals surface area contributed by atoms with E-state index in [1.54, 1.807) is 54.6 Å². The molecule has 0 radical (unpaired) electrons. The summed E-state index contributed by atoms with van der Waals surface area (Å²) in [5.41, 5.74) is 0.729. The summed E-state index contributed by atoms with van der Waals surface area (Å²) in [6, 6.07) is 17.4. The Morgan fingerprint density at radius 3 is 2.33 bits per heavy atom. The van der Waals surface area contributed by atoms with E-state index in [2.05, 4.69) is 5.32 Å². The Hall–Kier alpha value is -3.41. The minimum atomic E-state index is -0.862. The van der Waals surface area contributed by atoms with Crippen molar-refractivity contribution in [3.63, 3.8) is 0 Å². The molecule has 0 aliphatic heterocycles. The third-order valence-corrected chi connectivity index (χ3v) is 3.83. The maximum atomic E-state index is 14.3. The van der Waals surface area contributed by atoms with E-state index in [1.807, 2.05) is 0 Å². The van der Waals surface area contributed by atoms with Gasteiger partial charge < -0.3 is 14.8 Å². The lowest BCUT2D eigenvalue weighted by Crippen LogP contribution is -2.21. The molecule has 0 heterocycles. The summed E-state index contributed by atoms with van der Waals surface area (Å²) >= 11 is 0. The van der Waals surface area contributed by atoms with Gasteiger partial charge in [0.15, 0.2) is 18.1 Å². The zero-order valence-corrected chi connectivity index (χ0v) is 14.5. The summed E-state index contributed by atoms with van der Waals surface area (Å²) in [6.07, 6.45) is 0. The number of methoxy groups -OCH3 is 1. The van der Waals surface area contributed by atoms with Gasteiger partial charge in [-0.2, -0.15) is 0 Å². The maximum Gasteiger partial charge on any atom is 0.262 e. The lowest BCUT2D eigenvalue weighted by atomic mass is 10.0. The Morgan fingerprint density at radius 1 is 0.963 bits per heavy atom. The fraction of sp³-hybridized carbons (Fsp3) is 0.0952. The van der Waals surface area contributed by atoms with Crippen LogP contribution in [0, 0.1) is 11.6 Å². The SMILES string of the molecule is COc1ccccc1OCC(=O)Nc1c(F)cc(F)cc1-c1ccccc1. The lowest BCUT2D eigenvalue weighted by molar-refractivity contribution is -0.118. The van der Waals surface area contributed by atoms with Crippen LogP contribution in [0.25, 0.3) is 11.1 Å². The number of amides is 1. The topological polar surface area (TPSA) is 47.6 Å². The van der Waals surface area contributed by atoms with E-state index < -0.39 is 17.5 Å². The fourth-order valence-corrected chi connectivity index (χ4v) is 2.60. The molecule has 0 saturated carbocycles. The first-order valence-electron chi connectivity index (χ1n) is 8.18. The number of para-hydroxylation sites is 2. The van der Waals surface area contributed by atoms with Crippen LogP contribution in [-0.4, -0.2) is 19.6 Å². The average Bonchev–Trinajstić information content (AvgIpc) is 2.69. The molecule has 1 amide bonds. The first-order chi connectivity index (χ1) is 13.1. The van der Waals surface area contributed by atoms with Crippen molar-refractivity contribution in [1.29, 1.82) is 0 Å². The zero-order valence-electron chi connectivity index (χ0n) is 14.5. The fourth-order valence-electron chi connectivity index (χ4n) is 2.60. The summed E-state index contributed by atoms with van der Waals surface area (Å²) in [5, 5.41) is 2.47. The van der Waals surface area contributed by atoms with Crippen LogP contribution in [0.2, 0.25) is 0 Å². The number of halogens is 2. The molecule has 0 atom stereocenters. The zero-order chi connectivity index (χ0) is 19.2. The lowest BCUT2D eigenvalue weighted by Gasteiger charge is -2.14. The smallest absolute Gasteiger partial charge is 0.262 e. The van der Waals surface area contributed by atoms with Gasteiger partial charge in [-0.1, -0.05) is 42.5 Å². The van der Waals surface area contributed by atoms with Crippen LogP contribution in [0.3, 0.4) is 0 Å². The molecule has 0 unspecified atom stereocenters. The molecule has 27 heavy (non-hydrogen) atoms. The predicted molar refractivity (Wildman–Crippen MR) is 98.9 cm³/mol. The van der Waals surface area contributed by atoms with Crippen LogP contribution in [0.4, 0.5) is 14.5 Å². The summed E-state index contributed by atoms with van der Waals surface area (Å²) in [7, 11) is 1.49. The largest absolute Gasteiger partial charge is 0.493 e. The van der Waals surface area contributed by atoms with Crippen LogP contribution in [-0.2, 0) is 4.79 Å². The summed E-state index contributed by atoms with van der Waals surface area (Å²) in [5.74, 6) is -1.31. The van der Waals surface area contributed by atoms with Crippen molar-refractivity contribution in [3.8, 4) is 22.6 Å². The Labute approximate surface area is 155 Å². The van der Waals surface area contributed by atoms with Crippen molar-refractivity contribution >= 4 is 11.6 Å². The summed E-state index contributed by atoms with van der Waals surface area (Å²) in [6.45, 7) is -0.356. The second-order valence-corrected chi connectivity index (χ2v) is 5.66. The second kappa shape index (κ2) is 8.31. The second-order valence-electron chi connectivity index (χ2n) is 5.66. The van der Waals surface area contributed by atoms with Gasteiger partial charge in [0.2, 0.25) is 0 Å². The van der Waals surface area contributed by atoms with Crippen LogP contribution in [0.1, 0.15) is 0 Å². The number of hydrogen-bond donors (Lipinski definition) is 1. The average molecular weight is 369 g/mol. The Kier molecular flexibility index (Phi) is 5.66. The Morgan fingerprint density at radius 2 is 1.63 bits per heavy atom. The van der Waals surface area contributed by atoms with Crippen LogP contribution >= 0.6 is 0 Å². The number of hydrogen-bond acceptors (Lipinski definition) is 3. The van der Waals surface area contributed by atoms with Crippen molar-refractivity contribution in [1.82, 2.24) is 0 Å². The molecule has 0 bridgehead atoms. The highest BCUT2D eigenvalue weighted by Gasteiger charge is 2.16. The molecule has 4 nitrogen and oxygen atoms in total. The van der Waals surface area contributed by atoms with Crippen LogP contribution in [0.5, 0.6) is 11.5 Å². The van der Waals surface area contributed by atoms with Gasteiger partial charge in [-0.3, -0.25) is 4.79 Å². The molecular formula is C21H17F2NO3. The van der Waals surface area contributed by atoms with Crippen molar-refractivity contribution in [2.24, 2.45) is 0 Å². The number of rotatable bonds is 6. The minimum absolute atomic E-state index is 0.101. The van der Waals surface area contributed by atoms with Gasteiger partial charge >= 0.3 is 0 Å². The molecule has 0 fully saturated rings. The van der Waals surface area contributed by atoms with Gasteiger partial charge in [-0.05, 0) is 23.8 Å². The predicted octanol–water partition coefficient (Wildman–Crippen LogP) is 4.66. The molecule has 3 aromatic rings. The number of anilines is 1. The highest BCUT2D eigenvalue weighted by atomic mass is 19.1. The molecule has 6 heteroatoms. The Balaban J connectivity index is 1.80. The van der Waals surface area contributed by atoms with Crippen LogP contribution in [0.15, 0.2) is 66.7 Å². The van der Waals surface area contributed by atoms with Crippen molar-refractivity contribution in [3.05, 3.63) is 78.4 Å². The van der Waals surface area contributed by atoms with Gasteiger partial charge in [0, 0.05) is 11.6 Å². The number of ether oxygens (including phenoxy) is 2. The van der Waals surface area contributed by atoms with Crippen molar-refractivity contribution in [2.75, 3.05) is 19.0 Å². The first-order valence-corrected chi connectivity index (χ1v) is 8.18. The molecule has 1 N–H and O–H groups in total. The van der Waals surface area contributed by atoms with E-state index in [1.165, 1.54) is 13.2 Å². The molecule has 0 aliphatic carbocycles. The van der Waals surface area contributed by atoms with Gasteiger partial charge in [0.1, 0.15) is 11.6 Å². The molecule has 0 aromatic heterocycles. The van der Waals surface area contributed by atoms with E-state index >= 15 is 0 Å².